The van der Waals surface area contributed by atoms with Gasteiger partial charge in [-0.3, -0.25) is 4.79 Å². The second-order valence-corrected chi connectivity index (χ2v) is 5.64. The van der Waals surface area contributed by atoms with Gasteiger partial charge in [-0.25, -0.2) is 9.48 Å². The minimum atomic E-state index is -1.03. The van der Waals surface area contributed by atoms with Crippen molar-refractivity contribution >= 4 is 11.9 Å². The normalized spacial score (nSPS) is 17.7. The highest BCUT2D eigenvalue weighted by Gasteiger charge is 2.32. The Labute approximate surface area is 139 Å². The van der Waals surface area contributed by atoms with E-state index in [1.807, 2.05) is 36.5 Å². The molecule has 0 radical (unpaired) electrons. The molecule has 0 bridgehead atoms. The lowest BCUT2D eigenvalue weighted by Gasteiger charge is -2.32. The zero-order valence-corrected chi connectivity index (χ0v) is 13.2. The molecule has 1 amide bonds. The van der Waals surface area contributed by atoms with Gasteiger partial charge in [-0.1, -0.05) is 18.2 Å². The van der Waals surface area contributed by atoms with Crippen LogP contribution >= 0.6 is 0 Å². The third kappa shape index (κ3) is 3.62. The number of carbonyl (C=O) groups is 2. The quantitative estimate of drug-likeness (QED) is 0.888. The van der Waals surface area contributed by atoms with E-state index >= 15 is 0 Å². The predicted molar refractivity (Wildman–Crippen MR) is 85.8 cm³/mol. The fourth-order valence-corrected chi connectivity index (χ4v) is 2.71. The van der Waals surface area contributed by atoms with Gasteiger partial charge in [0.2, 0.25) is 5.91 Å². The van der Waals surface area contributed by atoms with E-state index < -0.39 is 12.0 Å². The average Bonchev–Trinajstić information content (AvgIpc) is 3.09. The second-order valence-electron chi connectivity index (χ2n) is 5.64. The van der Waals surface area contributed by atoms with E-state index in [2.05, 4.69) is 5.10 Å². The summed E-state index contributed by atoms with van der Waals surface area (Å²) in [6.07, 6.45) is 4.39. The molecule has 1 aliphatic heterocycles. The van der Waals surface area contributed by atoms with Crippen molar-refractivity contribution in [3.05, 3.63) is 48.3 Å². The van der Waals surface area contributed by atoms with Crippen LogP contribution in [0.5, 0.6) is 0 Å². The Bertz CT molecular complexity index is 714. The number of carbonyl (C=O) groups excluding carboxylic acids is 1. The minimum Gasteiger partial charge on any atom is -0.480 e. The molecule has 7 nitrogen and oxygen atoms in total. The minimum absolute atomic E-state index is 0.0486. The number of aryl methyl sites for hydroxylation is 1. The molecular formula is C17H19N3O4. The Morgan fingerprint density at radius 3 is 2.83 bits per heavy atom. The molecule has 1 aromatic carbocycles. The summed E-state index contributed by atoms with van der Waals surface area (Å²) in [5.41, 5.74) is 1.89. The lowest BCUT2D eigenvalue weighted by atomic mass is 10.1. The fraction of sp³-hybridized carbons (Fsp3) is 0.353. The third-order valence-electron chi connectivity index (χ3n) is 4.02. The number of aromatic nitrogens is 2. The smallest absolute Gasteiger partial charge is 0.328 e. The molecule has 0 aliphatic carbocycles. The van der Waals surface area contributed by atoms with Gasteiger partial charge in [0.25, 0.3) is 0 Å². The number of carboxylic acids is 1. The van der Waals surface area contributed by atoms with Gasteiger partial charge < -0.3 is 14.7 Å². The summed E-state index contributed by atoms with van der Waals surface area (Å²) in [6, 6.07) is 8.82. The van der Waals surface area contributed by atoms with E-state index in [4.69, 9.17) is 4.74 Å². The van der Waals surface area contributed by atoms with E-state index in [0.717, 1.165) is 11.3 Å². The van der Waals surface area contributed by atoms with E-state index in [1.54, 1.807) is 10.9 Å². The number of hydrogen-bond donors (Lipinski definition) is 1. The molecule has 3 rings (SSSR count). The molecule has 1 atom stereocenters. The van der Waals surface area contributed by atoms with E-state index in [9.17, 15) is 14.7 Å². The van der Waals surface area contributed by atoms with Gasteiger partial charge >= 0.3 is 5.97 Å². The summed E-state index contributed by atoms with van der Waals surface area (Å²) in [6.45, 7) is 0.744. The van der Waals surface area contributed by atoms with Crippen molar-refractivity contribution in [3.63, 3.8) is 0 Å². The summed E-state index contributed by atoms with van der Waals surface area (Å²) < 4.78 is 6.91. The number of benzene rings is 1. The number of hydrogen-bond acceptors (Lipinski definition) is 4. The number of amides is 1. The molecule has 0 spiro atoms. The molecule has 2 aromatic rings. The maximum atomic E-state index is 12.3. The van der Waals surface area contributed by atoms with Gasteiger partial charge in [0.1, 0.15) is 0 Å². The number of morpholine rings is 1. The number of para-hydroxylation sites is 1. The van der Waals surface area contributed by atoms with Crippen LogP contribution in [0.2, 0.25) is 0 Å². The summed E-state index contributed by atoms with van der Waals surface area (Å²) in [7, 11) is 0. The first-order chi connectivity index (χ1) is 11.6. The number of aliphatic carboxylic acids is 1. The lowest BCUT2D eigenvalue weighted by Crippen LogP contribution is -2.52. The highest BCUT2D eigenvalue weighted by molar-refractivity contribution is 5.84. The maximum absolute atomic E-state index is 12.3. The Hall–Kier alpha value is -2.67. The lowest BCUT2D eigenvalue weighted by molar-refractivity contribution is -0.158. The molecule has 1 saturated heterocycles. The number of rotatable bonds is 5. The molecule has 2 heterocycles. The topological polar surface area (TPSA) is 84.7 Å². The molecule has 24 heavy (non-hydrogen) atoms. The highest BCUT2D eigenvalue weighted by Crippen LogP contribution is 2.13. The monoisotopic (exact) mass is 329 g/mol. The second kappa shape index (κ2) is 7.27. The molecule has 7 heteroatoms. The van der Waals surface area contributed by atoms with Crippen LogP contribution in [0.4, 0.5) is 0 Å². The van der Waals surface area contributed by atoms with Crippen LogP contribution in [0.1, 0.15) is 12.0 Å². The van der Waals surface area contributed by atoms with Crippen LogP contribution in [0.25, 0.3) is 5.69 Å². The van der Waals surface area contributed by atoms with Crippen molar-refractivity contribution in [2.75, 3.05) is 19.8 Å². The van der Waals surface area contributed by atoms with E-state index in [1.165, 1.54) is 4.90 Å². The van der Waals surface area contributed by atoms with Crippen molar-refractivity contribution in [1.82, 2.24) is 14.7 Å². The van der Waals surface area contributed by atoms with Crippen molar-refractivity contribution in [3.8, 4) is 5.69 Å². The van der Waals surface area contributed by atoms with Crippen LogP contribution in [-0.2, 0) is 20.7 Å². The molecule has 0 unspecified atom stereocenters. The summed E-state index contributed by atoms with van der Waals surface area (Å²) in [5.74, 6) is -1.20. The number of carboxylic acid groups (broad SMARTS) is 1. The summed E-state index contributed by atoms with van der Waals surface area (Å²) in [4.78, 5) is 25.0. The Morgan fingerprint density at radius 2 is 2.08 bits per heavy atom. The number of nitrogens with zero attached hydrogens (tertiary/aromatic N) is 3. The molecular weight excluding hydrogens is 310 g/mol. The van der Waals surface area contributed by atoms with Crippen LogP contribution in [0.3, 0.4) is 0 Å². The van der Waals surface area contributed by atoms with E-state index in [-0.39, 0.29) is 18.9 Å². The predicted octanol–water partition coefficient (Wildman–Crippen LogP) is 1.12. The Balaban J connectivity index is 1.60. The number of ether oxygens (including phenoxy) is 1. The first-order valence-electron chi connectivity index (χ1n) is 7.84. The first-order valence-corrected chi connectivity index (χ1v) is 7.84. The van der Waals surface area contributed by atoms with Gasteiger partial charge in [0.15, 0.2) is 6.04 Å². The standard InChI is InChI=1S/C17H19N3O4/c21-16(19-8-9-24-12-15(19)17(22)23)7-6-13-10-18-20(11-13)14-4-2-1-3-5-14/h1-5,10-11,15H,6-9,12H2,(H,22,23)/t15-/m1/s1. The summed E-state index contributed by atoms with van der Waals surface area (Å²) >= 11 is 0. The average molecular weight is 329 g/mol. The maximum Gasteiger partial charge on any atom is 0.328 e. The van der Waals surface area contributed by atoms with Crippen molar-refractivity contribution in [1.29, 1.82) is 0 Å². The molecule has 1 N–H and O–H groups in total. The molecule has 0 saturated carbocycles. The van der Waals surface area contributed by atoms with Crippen LogP contribution in [0, 0.1) is 0 Å². The van der Waals surface area contributed by atoms with Crippen molar-refractivity contribution in [2.24, 2.45) is 0 Å². The SMILES string of the molecule is O=C(O)[C@H]1COCCN1C(=O)CCc1cnn(-c2ccccc2)c1. The fourth-order valence-electron chi connectivity index (χ4n) is 2.71. The molecule has 1 aromatic heterocycles. The van der Waals surface area contributed by atoms with Crippen LogP contribution < -0.4 is 0 Å². The van der Waals surface area contributed by atoms with Crippen molar-refractivity contribution in [2.45, 2.75) is 18.9 Å². The van der Waals surface area contributed by atoms with Crippen LogP contribution in [-0.4, -0.2) is 57.5 Å². The van der Waals surface area contributed by atoms with Crippen LogP contribution in [0.15, 0.2) is 42.7 Å². The molecule has 1 fully saturated rings. The summed E-state index contributed by atoms with van der Waals surface area (Å²) in [5, 5.41) is 13.5. The van der Waals surface area contributed by atoms with Crippen molar-refractivity contribution < 1.29 is 19.4 Å². The van der Waals surface area contributed by atoms with Gasteiger partial charge in [0.05, 0.1) is 25.1 Å². The largest absolute Gasteiger partial charge is 0.480 e. The molecule has 126 valence electrons. The first kappa shape index (κ1) is 16.2. The van der Waals surface area contributed by atoms with Gasteiger partial charge in [-0.15, -0.1) is 0 Å². The zero-order chi connectivity index (χ0) is 16.9. The Kier molecular flexibility index (Phi) is 4.90. The zero-order valence-electron chi connectivity index (χ0n) is 13.2. The van der Waals surface area contributed by atoms with Gasteiger partial charge in [0, 0.05) is 19.2 Å². The third-order valence-corrected chi connectivity index (χ3v) is 4.02. The molecule has 1 aliphatic rings. The van der Waals surface area contributed by atoms with E-state index in [0.29, 0.717) is 19.6 Å². The Morgan fingerprint density at radius 1 is 1.29 bits per heavy atom. The van der Waals surface area contributed by atoms with Gasteiger partial charge in [-0.05, 0) is 24.1 Å². The highest BCUT2D eigenvalue weighted by atomic mass is 16.5. The van der Waals surface area contributed by atoms with Gasteiger partial charge in [-0.2, -0.15) is 5.10 Å².